The van der Waals surface area contributed by atoms with Crippen molar-refractivity contribution in [3.05, 3.63) is 47.3 Å². The molecule has 2 amide bonds. The van der Waals surface area contributed by atoms with E-state index in [0.717, 1.165) is 11.3 Å². The van der Waals surface area contributed by atoms with Gasteiger partial charge in [-0.1, -0.05) is 0 Å². The highest BCUT2D eigenvalue weighted by atomic mass is 16.2. The fraction of sp³-hybridized carbons (Fsp3) is 0.267. The van der Waals surface area contributed by atoms with Crippen LogP contribution in [-0.4, -0.2) is 15.8 Å². The van der Waals surface area contributed by atoms with Crippen molar-refractivity contribution in [1.29, 1.82) is 5.26 Å². The monoisotopic (exact) mass is 283 g/mol. The largest absolute Gasteiger partial charge is 0.331 e. The van der Waals surface area contributed by atoms with E-state index in [1.807, 2.05) is 27.0 Å². The van der Waals surface area contributed by atoms with Gasteiger partial charge in [0.2, 0.25) is 0 Å². The third-order valence-corrected chi connectivity index (χ3v) is 3.36. The van der Waals surface area contributed by atoms with E-state index in [1.165, 1.54) is 0 Å². The number of aryl methyl sites for hydroxylation is 1. The Morgan fingerprint density at radius 2 is 2.05 bits per heavy atom. The summed E-state index contributed by atoms with van der Waals surface area (Å²) in [4.78, 5) is 12.0. The number of amides is 2. The molecule has 6 heteroatoms. The lowest BCUT2D eigenvalue weighted by atomic mass is 10.1. The number of carbonyl (C=O) groups excluding carboxylic acids is 1. The average molecular weight is 283 g/mol. The Morgan fingerprint density at radius 3 is 2.57 bits per heavy atom. The molecule has 1 atom stereocenters. The molecule has 0 saturated heterocycles. The van der Waals surface area contributed by atoms with Crippen molar-refractivity contribution in [3.63, 3.8) is 0 Å². The van der Waals surface area contributed by atoms with Gasteiger partial charge in [0.25, 0.3) is 0 Å². The molecule has 2 aromatic rings. The molecule has 0 aliphatic carbocycles. The van der Waals surface area contributed by atoms with E-state index in [1.54, 1.807) is 35.1 Å². The molecule has 2 N–H and O–H groups in total. The molecule has 6 nitrogen and oxygen atoms in total. The summed E-state index contributed by atoms with van der Waals surface area (Å²) in [6, 6.07) is 8.29. The fourth-order valence-corrected chi connectivity index (χ4v) is 2.01. The van der Waals surface area contributed by atoms with Gasteiger partial charge >= 0.3 is 6.03 Å². The Hall–Kier alpha value is -2.81. The smallest absolute Gasteiger partial charge is 0.319 e. The molecule has 0 radical (unpaired) electrons. The number of nitriles is 1. The minimum atomic E-state index is -0.296. The highest BCUT2D eigenvalue weighted by Gasteiger charge is 2.14. The van der Waals surface area contributed by atoms with E-state index in [0.29, 0.717) is 11.3 Å². The molecule has 0 saturated carbocycles. The highest BCUT2D eigenvalue weighted by Crippen LogP contribution is 2.16. The van der Waals surface area contributed by atoms with Crippen LogP contribution in [0.2, 0.25) is 0 Å². The Balaban J connectivity index is 1.98. The summed E-state index contributed by atoms with van der Waals surface area (Å²) in [5, 5.41) is 18.5. The summed E-state index contributed by atoms with van der Waals surface area (Å²) in [7, 11) is 1.86. The van der Waals surface area contributed by atoms with Gasteiger partial charge < -0.3 is 10.6 Å². The number of hydrogen-bond acceptors (Lipinski definition) is 3. The highest BCUT2D eigenvalue weighted by molar-refractivity contribution is 5.89. The van der Waals surface area contributed by atoms with Gasteiger partial charge in [-0.25, -0.2) is 4.79 Å². The van der Waals surface area contributed by atoms with Crippen LogP contribution in [-0.2, 0) is 7.05 Å². The molecule has 2 rings (SSSR count). The van der Waals surface area contributed by atoms with Crippen LogP contribution in [0.25, 0.3) is 0 Å². The molecule has 21 heavy (non-hydrogen) atoms. The number of urea groups is 1. The molecule has 1 heterocycles. The quantitative estimate of drug-likeness (QED) is 0.907. The molecular formula is C15H17N5O. The lowest BCUT2D eigenvalue weighted by Crippen LogP contribution is -2.31. The first-order valence-electron chi connectivity index (χ1n) is 6.57. The van der Waals surface area contributed by atoms with Gasteiger partial charge in [0, 0.05) is 24.0 Å². The maximum absolute atomic E-state index is 12.0. The SMILES string of the molecule is Cc1c([C@H](C)NC(=O)Nc2ccc(C#N)cc2)cnn1C. The van der Waals surface area contributed by atoms with Gasteiger partial charge in [-0.15, -0.1) is 0 Å². The van der Waals surface area contributed by atoms with E-state index in [-0.39, 0.29) is 12.1 Å². The van der Waals surface area contributed by atoms with E-state index in [4.69, 9.17) is 5.26 Å². The molecular weight excluding hydrogens is 266 g/mol. The first-order valence-corrected chi connectivity index (χ1v) is 6.57. The van der Waals surface area contributed by atoms with E-state index < -0.39 is 0 Å². The van der Waals surface area contributed by atoms with Crippen LogP contribution in [0, 0.1) is 18.3 Å². The number of aromatic nitrogens is 2. The summed E-state index contributed by atoms with van der Waals surface area (Å²) in [6.07, 6.45) is 1.75. The van der Waals surface area contributed by atoms with Crippen LogP contribution < -0.4 is 10.6 Å². The second-order valence-corrected chi connectivity index (χ2v) is 4.82. The van der Waals surface area contributed by atoms with Crippen LogP contribution >= 0.6 is 0 Å². The van der Waals surface area contributed by atoms with E-state index in [2.05, 4.69) is 15.7 Å². The van der Waals surface area contributed by atoms with Gasteiger partial charge in [0.05, 0.1) is 23.9 Å². The van der Waals surface area contributed by atoms with Gasteiger partial charge in [-0.05, 0) is 38.1 Å². The Kier molecular flexibility index (Phi) is 4.24. The molecule has 1 aromatic carbocycles. The minimum absolute atomic E-state index is 0.142. The third kappa shape index (κ3) is 3.39. The van der Waals surface area contributed by atoms with Crippen molar-refractivity contribution in [3.8, 4) is 6.07 Å². The molecule has 0 aliphatic heterocycles. The van der Waals surface area contributed by atoms with Crippen molar-refractivity contribution >= 4 is 11.7 Å². The zero-order chi connectivity index (χ0) is 15.4. The molecule has 0 spiro atoms. The van der Waals surface area contributed by atoms with Crippen molar-refractivity contribution in [2.45, 2.75) is 19.9 Å². The molecule has 0 unspecified atom stereocenters. The second-order valence-electron chi connectivity index (χ2n) is 4.82. The first-order chi connectivity index (χ1) is 10.0. The Bertz CT molecular complexity index is 681. The number of hydrogen-bond donors (Lipinski definition) is 2. The number of anilines is 1. The number of rotatable bonds is 3. The molecule has 0 aliphatic rings. The van der Waals surface area contributed by atoms with Crippen LogP contribution in [0.5, 0.6) is 0 Å². The average Bonchev–Trinajstić information content (AvgIpc) is 2.79. The maximum atomic E-state index is 12.0. The van der Waals surface area contributed by atoms with Crippen molar-refractivity contribution in [1.82, 2.24) is 15.1 Å². The normalized spacial score (nSPS) is 11.5. The van der Waals surface area contributed by atoms with E-state index >= 15 is 0 Å². The molecule has 0 fully saturated rings. The molecule has 108 valence electrons. The van der Waals surface area contributed by atoms with E-state index in [9.17, 15) is 4.79 Å². The van der Waals surface area contributed by atoms with Crippen LogP contribution in [0.4, 0.5) is 10.5 Å². The molecule has 0 bridgehead atoms. The summed E-state index contributed by atoms with van der Waals surface area (Å²) in [5.74, 6) is 0. The number of nitrogens with zero attached hydrogens (tertiary/aromatic N) is 3. The number of nitrogens with one attached hydrogen (secondary N) is 2. The lowest BCUT2D eigenvalue weighted by Gasteiger charge is -2.14. The summed E-state index contributed by atoms with van der Waals surface area (Å²) in [5.41, 5.74) is 3.19. The van der Waals surface area contributed by atoms with Crippen molar-refractivity contribution in [2.24, 2.45) is 7.05 Å². The Labute approximate surface area is 123 Å². The molecule has 1 aromatic heterocycles. The van der Waals surface area contributed by atoms with Crippen LogP contribution in [0.15, 0.2) is 30.5 Å². The van der Waals surface area contributed by atoms with Crippen molar-refractivity contribution < 1.29 is 4.79 Å². The fourth-order valence-electron chi connectivity index (χ4n) is 2.01. The van der Waals surface area contributed by atoms with Gasteiger partial charge in [-0.2, -0.15) is 10.4 Å². The third-order valence-electron chi connectivity index (χ3n) is 3.36. The zero-order valence-electron chi connectivity index (χ0n) is 12.2. The number of carbonyl (C=O) groups is 1. The number of benzene rings is 1. The zero-order valence-corrected chi connectivity index (χ0v) is 12.2. The first kappa shape index (κ1) is 14.6. The topological polar surface area (TPSA) is 82.7 Å². The van der Waals surface area contributed by atoms with Gasteiger partial charge in [-0.3, -0.25) is 4.68 Å². The van der Waals surface area contributed by atoms with Crippen LogP contribution in [0.1, 0.15) is 29.8 Å². The Morgan fingerprint density at radius 1 is 1.38 bits per heavy atom. The maximum Gasteiger partial charge on any atom is 0.319 e. The van der Waals surface area contributed by atoms with Crippen LogP contribution in [0.3, 0.4) is 0 Å². The van der Waals surface area contributed by atoms with Gasteiger partial charge in [0.15, 0.2) is 0 Å². The summed E-state index contributed by atoms with van der Waals surface area (Å²) < 4.78 is 1.77. The van der Waals surface area contributed by atoms with Crippen molar-refractivity contribution in [2.75, 3.05) is 5.32 Å². The standard InChI is InChI=1S/C15H17N5O/c1-10(14-9-17-20(3)11(14)2)18-15(21)19-13-6-4-12(8-16)5-7-13/h4-7,9-10H,1-3H3,(H2,18,19,21)/t10-/m0/s1. The summed E-state index contributed by atoms with van der Waals surface area (Å²) in [6.45, 7) is 3.86. The summed E-state index contributed by atoms with van der Waals surface area (Å²) >= 11 is 0. The lowest BCUT2D eigenvalue weighted by molar-refractivity contribution is 0.249. The predicted molar refractivity (Wildman–Crippen MR) is 79.7 cm³/mol. The predicted octanol–water partition coefficient (Wildman–Crippen LogP) is 2.48. The minimum Gasteiger partial charge on any atom is -0.331 e. The second kappa shape index (κ2) is 6.09. The van der Waals surface area contributed by atoms with Gasteiger partial charge in [0.1, 0.15) is 0 Å².